The number of carbonyl (C=O) groups is 1. The fourth-order valence-corrected chi connectivity index (χ4v) is 4.65. The van der Waals surface area contributed by atoms with E-state index in [9.17, 15) is 4.79 Å². The van der Waals surface area contributed by atoms with Crippen molar-refractivity contribution in [3.63, 3.8) is 0 Å². The normalized spacial score (nSPS) is 26.8. The molecule has 2 aliphatic heterocycles. The first kappa shape index (κ1) is 13.8. The smallest absolute Gasteiger partial charge is 0.266 e. The van der Waals surface area contributed by atoms with Crippen molar-refractivity contribution < 1.29 is 4.79 Å². The summed E-state index contributed by atoms with van der Waals surface area (Å²) in [6.45, 7) is 1.91. The van der Waals surface area contributed by atoms with Crippen molar-refractivity contribution in [2.45, 2.75) is 18.0 Å². The maximum Gasteiger partial charge on any atom is 0.266 e. The zero-order valence-corrected chi connectivity index (χ0v) is 13.7. The molecule has 0 saturated heterocycles. The molecule has 1 aromatic heterocycles. The van der Waals surface area contributed by atoms with E-state index in [1.54, 1.807) is 11.9 Å². The van der Waals surface area contributed by atoms with Gasteiger partial charge in [0.2, 0.25) is 0 Å². The number of anilines is 1. The molecule has 1 spiro atoms. The van der Waals surface area contributed by atoms with E-state index in [-0.39, 0.29) is 5.91 Å². The summed E-state index contributed by atoms with van der Waals surface area (Å²) in [6.07, 6.45) is 0. The Morgan fingerprint density at radius 1 is 1.27 bits per heavy atom. The Labute approximate surface area is 137 Å². The van der Waals surface area contributed by atoms with Crippen LogP contribution in [0.2, 0.25) is 0 Å². The van der Waals surface area contributed by atoms with Crippen LogP contribution >= 0.6 is 22.9 Å². The fraction of sp³-hybridized carbons (Fsp3) is 0.250. The molecule has 0 fully saturated rings. The topological polar surface area (TPSA) is 35.9 Å². The number of fused-ring (bicyclic) bond motifs is 2. The number of alkyl halides is 1. The van der Waals surface area contributed by atoms with Gasteiger partial charge in [0.15, 0.2) is 5.66 Å². The second-order valence-electron chi connectivity index (χ2n) is 5.51. The molecule has 2 unspecified atom stereocenters. The second-order valence-corrected chi connectivity index (χ2v) is 6.86. The number of para-hydroxylation sites is 1. The third-order valence-corrected chi connectivity index (χ3v) is 5.90. The molecule has 1 amide bonds. The van der Waals surface area contributed by atoms with Gasteiger partial charge in [-0.2, -0.15) is 5.10 Å². The Hall–Kier alpha value is -1.85. The van der Waals surface area contributed by atoms with E-state index in [0.29, 0.717) is 0 Å². The first-order valence-electron chi connectivity index (χ1n) is 6.99. The standard InChI is InChI=1S/C16H14ClN3OS/c1-10-14(17)16(20(18-10)11-6-4-3-5-7-11)12-8-9-22-13(12)15(21)19(16)2/h3-9,14H,1-2H3. The number of hydrogen-bond donors (Lipinski definition) is 0. The molecule has 22 heavy (non-hydrogen) atoms. The van der Waals surface area contributed by atoms with Gasteiger partial charge in [0.05, 0.1) is 16.3 Å². The number of thiophene rings is 1. The Bertz CT molecular complexity index is 788. The average molecular weight is 332 g/mol. The lowest BCUT2D eigenvalue weighted by Gasteiger charge is -2.42. The molecular weight excluding hydrogens is 318 g/mol. The molecule has 0 saturated carbocycles. The van der Waals surface area contributed by atoms with Crippen LogP contribution in [-0.4, -0.2) is 28.9 Å². The van der Waals surface area contributed by atoms with E-state index in [1.165, 1.54) is 11.3 Å². The van der Waals surface area contributed by atoms with Crippen LogP contribution in [0, 0.1) is 0 Å². The number of amides is 1. The van der Waals surface area contributed by atoms with Gasteiger partial charge in [-0.05, 0) is 30.5 Å². The van der Waals surface area contributed by atoms with Crippen molar-refractivity contribution >= 4 is 40.2 Å². The molecule has 0 N–H and O–H groups in total. The number of hydrazone groups is 1. The minimum atomic E-state index is -0.778. The maximum absolute atomic E-state index is 12.6. The lowest BCUT2D eigenvalue weighted by atomic mass is 9.96. The lowest BCUT2D eigenvalue weighted by molar-refractivity contribution is 0.0656. The highest BCUT2D eigenvalue weighted by Crippen LogP contribution is 2.51. The molecule has 4 rings (SSSR count). The summed E-state index contributed by atoms with van der Waals surface area (Å²) in [6, 6.07) is 11.8. The Morgan fingerprint density at radius 2 is 2.00 bits per heavy atom. The van der Waals surface area contributed by atoms with Crippen LogP contribution < -0.4 is 5.01 Å². The van der Waals surface area contributed by atoms with Crippen LogP contribution in [0.25, 0.3) is 0 Å². The molecule has 3 heterocycles. The van der Waals surface area contributed by atoms with Crippen LogP contribution in [0.1, 0.15) is 22.2 Å². The van der Waals surface area contributed by atoms with E-state index < -0.39 is 11.0 Å². The van der Waals surface area contributed by atoms with Gasteiger partial charge >= 0.3 is 0 Å². The molecule has 2 atom stereocenters. The van der Waals surface area contributed by atoms with Gasteiger partial charge in [0.1, 0.15) is 5.38 Å². The second kappa shape index (κ2) is 4.57. The third kappa shape index (κ3) is 1.48. The zero-order valence-electron chi connectivity index (χ0n) is 12.2. The maximum atomic E-state index is 12.6. The van der Waals surface area contributed by atoms with Gasteiger partial charge < -0.3 is 4.90 Å². The van der Waals surface area contributed by atoms with Crippen LogP contribution in [0.5, 0.6) is 0 Å². The summed E-state index contributed by atoms with van der Waals surface area (Å²) in [4.78, 5) is 15.1. The van der Waals surface area contributed by atoms with E-state index in [2.05, 4.69) is 5.10 Å². The Morgan fingerprint density at radius 3 is 2.73 bits per heavy atom. The van der Waals surface area contributed by atoms with Crippen molar-refractivity contribution in [2.75, 3.05) is 12.1 Å². The Balaban J connectivity index is 1.98. The van der Waals surface area contributed by atoms with E-state index >= 15 is 0 Å². The van der Waals surface area contributed by atoms with Crippen LogP contribution in [0.3, 0.4) is 0 Å². The van der Waals surface area contributed by atoms with E-state index in [0.717, 1.165) is 21.8 Å². The highest BCUT2D eigenvalue weighted by Gasteiger charge is 2.61. The molecule has 112 valence electrons. The number of nitrogens with zero attached hydrogens (tertiary/aromatic N) is 3. The monoisotopic (exact) mass is 331 g/mol. The highest BCUT2D eigenvalue weighted by atomic mass is 35.5. The Kier molecular flexibility index (Phi) is 2.86. The number of halogens is 1. The molecular formula is C16H14ClN3OS. The first-order chi connectivity index (χ1) is 10.6. The molecule has 1 aromatic carbocycles. The largest absolute Gasteiger partial charge is 0.311 e. The molecule has 4 nitrogen and oxygen atoms in total. The number of benzene rings is 1. The van der Waals surface area contributed by atoms with Gasteiger partial charge in [0, 0.05) is 12.6 Å². The number of carbonyl (C=O) groups excluding carboxylic acids is 1. The van der Waals surface area contributed by atoms with Crippen LogP contribution in [0.15, 0.2) is 46.9 Å². The molecule has 0 bridgehead atoms. The SMILES string of the molecule is CC1=NN(c2ccccc2)C2(c3ccsc3C(=O)N2C)C1Cl. The van der Waals surface area contributed by atoms with Crippen LogP contribution in [0.4, 0.5) is 5.69 Å². The van der Waals surface area contributed by atoms with Crippen molar-refractivity contribution in [3.8, 4) is 0 Å². The summed E-state index contributed by atoms with van der Waals surface area (Å²) in [5.74, 6) is 0.00137. The van der Waals surface area contributed by atoms with Crippen LogP contribution in [-0.2, 0) is 5.66 Å². The van der Waals surface area contributed by atoms with E-state index in [1.807, 2.05) is 53.7 Å². The molecule has 2 aliphatic rings. The highest BCUT2D eigenvalue weighted by molar-refractivity contribution is 7.12. The molecule has 6 heteroatoms. The van der Waals surface area contributed by atoms with Gasteiger partial charge in [-0.25, -0.2) is 5.01 Å². The van der Waals surface area contributed by atoms with E-state index in [4.69, 9.17) is 11.6 Å². The summed E-state index contributed by atoms with van der Waals surface area (Å²) >= 11 is 8.21. The average Bonchev–Trinajstić information content (AvgIpc) is 3.16. The quantitative estimate of drug-likeness (QED) is 0.750. The molecule has 0 radical (unpaired) electrons. The predicted octanol–water partition coefficient (Wildman–Crippen LogP) is 3.49. The lowest BCUT2D eigenvalue weighted by Crippen LogP contribution is -2.56. The van der Waals surface area contributed by atoms with Gasteiger partial charge in [0.25, 0.3) is 5.91 Å². The van der Waals surface area contributed by atoms with Crippen molar-refractivity contribution in [1.82, 2.24) is 4.90 Å². The predicted molar refractivity (Wildman–Crippen MR) is 89.8 cm³/mol. The van der Waals surface area contributed by atoms with Crippen molar-refractivity contribution in [3.05, 3.63) is 52.2 Å². The molecule has 2 aromatic rings. The van der Waals surface area contributed by atoms with Crippen molar-refractivity contribution in [1.29, 1.82) is 0 Å². The zero-order chi connectivity index (χ0) is 15.5. The van der Waals surface area contributed by atoms with Gasteiger partial charge in [-0.3, -0.25) is 4.79 Å². The van der Waals surface area contributed by atoms with Gasteiger partial charge in [-0.15, -0.1) is 22.9 Å². The summed E-state index contributed by atoms with van der Waals surface area (Å²) < 4.78 is 0. The summed E-state index contributed by atoms with van der Waals surface area (Å²) in [5.41, 5.74) is 1.89. The minimum absolute atomic E-state index is 0.00137. The van der Waals surface area contributed by atoms with Gasteiger partial charge in [-0.1, -0.05) is 18.2 Å². The first-order valence-corrected chi connectivity index (χ1v) is 8.30. The minimum Gasteiger partial charge on any atom is -0.311 e. The summed E-state index contributed by atoms with van der Waals surface area (Å²) in [7, 11) is 1.80. The fourth-order valence-electron chi connectivity index (χ4n) is 3.32. The molecule has 0 aliphatic carbocycles. The number of hydrogen-bond acceptors (Lipinski definition) is 4. The number of rotatable bonds is 1. The summed E-state index contributed by atoms with van der Waals surface area (Å²) in [5, 5.41) is 8.10. The third-order valence-electron chi connectivity index (χ3n) is 4.37. The van der Waals surface area contributed by atoms with Crippen molar-refractivity contribution in [2.24, 2.45) is 5.10 Å².